The Labute approximate surface area is 189 Å². The Bertz CT molecular complexity index is 1310. The minimum Gasteiger partial charge on any atom is -0.323 e. The SMILES string of the molecule is Cc1cc(C)c(Cn2c([C@@H]3CC(=O)N(c4ccccc4C)C3)nc3ccccc32)c(C)c1. The van der Waals surface area contributed by atoms with Crippen LogP contribution in [0.4, 0.5) is 5.69 Å². The number of carbonyl (C=O) groups excluding carboxylic acids is 1. The van der Waals surface area contributed by atoms with E-state index in [0.717, 1.165) is 34.7 Å². The zero-order valence-corrected chi connectivity index (χ0v) is 19.2. The van der Waals surface area contributed by atoms with Crippen LogP contribution in [0.5, 0.6) is 0 Å². The molecule has 1 aliphatic rings. The summed E-state index contributed by atoms with van der Waals surface area (Å²) in [6.07, 6.45) is 0.490. The Morgan fingerprint density at radius 2 is 1.59 bits per heavy atom. The predicted octanol–water partition coefficient (Wildman–Crippen LogP) is 5.84. The Morgan fingerprint density at radius 1 is 0.906 bits per heavy atom. The molecule has 1 fully saturated rings. The summed E-state index contributed by atoms with van der Waals surface area (Å²) < 4.78 is 2.33. The third-order valence-electron chi connectivity index (χ3n) is 6.74. The van der Waals surface area contributed by atoms with Crippen molar-refractivity contribution in [3.05, 3.63) is 94.3 Å². The summed E-state index contributed by atoms with van der Waals surface area (Å²) in [6, 6.07) is 20.9. The number of rotatable bonds is 4. The first-order chi connectivity index (χ1) is 15.4. The molecule has 1 saturated heterocycles. The molecule has 0 aliphatic carbocycles. The van der Waals surface area contributed by atoms with E-state index in [-0.39, 0.29) is 11.8 Å². The van der Waals surface area contributed by atoms with Gasteiger partial charge in [0.05, 0.1) is 11.0 Å². The van der Waals surface area contributed by atoms with Crippen molar-refractivity contribution in [2.45, 2.75) is 46.6 Å². The number of nitrogens with zero attached hydrogens (tertiary/aromatic N) is 3. The summed E-state index contributed by atoms with van der Waals surface area (Å²) in [5.41, 5.74) is 9.48. The van der Waals surface area contributed by atoms with Gasteiger partial charge in [0.2, 0.25) is 5.91 Å². The quantitative estimate of drug-likeness (QED) is 0.414. The molecule has 4 heteroatoms. The molecule has 0 N–H and O–H groups in total. The maximum absolute atomic E-state index is 13.0. The Balaban J connectivity index is 1.57. The molecule has 3 aromatic carbocycles. The summed E-state index contributed by atoms with van der Waals surface area (Å²) in [4.78, 5) is 20.0. The smallest absolute Gasteiger partial charge is 0.227 e. The maximum Gasteiger partial charge on any atom is 0.227 e. The summed E-state index contributed by atoms with van der Waals surface area (Å²) in [5.74, 6) is 1.25. The van der Waals surface area contributed by atoms with E-state index in [2.05, 4.69) is 68.7 Å². The molecule has 32 heavy (non-hydrogen) atoms. The summed E-state index contributed by atoms with van der Waals surface area (Å²) in [7, 11) is 0. The number of hydrogen-bond acceptors (Lipinski definition) is 2. The number of fused-ring (bicyclic) bond motifs is 1. The molecule has 2 heterocycles. The van der Waals surface area contributed by atoms with Gasteiger partial charge in [0.1, 0.15) is 5.82 Å². The van der Waals surface area contributed by atoms with Gasteiger partial charge < -0.3 is 9.47 Å². The van der Waals surface area contributed by atoms with Crippen LogP contribution in [0.25, 0.3) is 11.0 Å². The van der Waals surface area contributed by atoms with Gasteiger partial charge in [0.25, 0.3) is 0 Å². The largest absolute Gasteiger partial charge is 0.323 e. The van der Waals surface area contributed by atoms with Gasteiger partial charge in [-0.25, -0.2) is 4.98 Å². The molecule has 0 unspecified atom stereocenters. The van der Waals surface area contributed by atoms with Gasteiger partial charge in [-0.2, -0.15) is 0 Å². The fourth-order valence-electron chi connectivity index (χ4n) is 5.17. The first kappa shape index (κ1) is 20.5. The van der Waals surface area contributed by atoms with E-state index < -0.39 is 0 Å². The van der Waals surface area contributed by atoms with Crippen LogP contribution >= 0.6 is 0 Å². The third-order valence-corrected chi connectivity index (χ3v) is 6.74. The van der Waals surface area contributed by atoms with Crippen LogP contribution in [-0.4, -0.2) is 22.0 Å². The predicted molar refractivity (Wildman–Crippen MR) is 130 cm³/mol. The van der Waals surface area contributed by atoms with E-state index in [4.69, 9.17) is 4.98 Å². The Morgan fingerprint density at radius 3 is 2.34 bits per heavy atom. The molecule has 4 nitrogen and oxygen atoms in total. The van der Waals surface area contributed by atoms with Crippen LogP contribution < -0.4 is 4.90 Å². The molecule has 1 aliphatic heterocycles. The van der Waals surface area contributed by atoms with Crippen LogP contribution in [0.1, 0.15) is 46.0 Å². The number of aromatic nitrogens is 2. The van der Waals surface area contributed by atoms with Crippen molar-refractivity contribution < 1.29 is 4.79 Å². The fourth-order valence-corrected chi connectivity index (χ4v) is 5.17. The number of benzene rings is 3. The molecular formula is C28H29N3O. The van der Waals surface area contributed by atoms with E-state index in [0.29, 0.717) is 13.0 Å². The van der Waals surface area contributed by atoms with E-state index in [1.54, 1.807) is 0 Å². The van der Waals surface area contributed by atoms with Crippen molar-refractivity contribution in [2.75, 3.05) is 11.4 Å². The molecule has 0 spiro atoms. The monoisotopic (exact) mass is 423 g/mol. The van der Waals surface area contributed by atoms with Crippen molar-refractivity contribution in [1.82, 2.24) is 9.55 Å². The molecule has 0 saturated carbocycles. The summed E-state index contributed by atoms with van der Waals surface area (Å²) in [5, 5.41) is 0. The van der Waals surface area contributed by atoms with Crippen molar-refractivity contribution in [3.8, 4) is 0 Å². The normalized spacial score (nSPS) is 16.3. The van der Waals surface area contributed by atoms with Crippen molar-refractivity contribution in [3.63, 3.8) is 0 Å². The van der Waals surface area contributed by atoms with Crippen LogP contribution in [0.15, 0.2) is 60.7 Å². The standard InChI is InChI=1S/C28H29N3O/c1-18-13-20(3)23(21(4)14-18)17-31-26-12-8-6-10-24(26)29-28(31)22-15-27(32)30(16-22)25-11-7-5-9-19(25)2/h5-14,22H,15-17H2,1-4H3/t22-/m1/s1. The summed E-state index contributed by atoms with van der Waals surface area (Å²) in [6.45, 7) is 10.0. The van der Waals surface area contributed by atoms with E-state index in [9.17, 15) is 4.79 Å². The first-order valence-electron chi connectivity index (χ1n) is 11.3. The number of hydrogen-bond donors (Lipinski definition) is 0. The van der Waals surface area contributed by atoms with E-state index >= 15 is 0 Å². The number of imidazole rings is 1. The first-order valence-corrected chi connectivity index (χ1v) is 11.3. The maximum atomic E-state index is 13.0. The van der Waals surface area contributed by atoms with Gasteiger partial charge in [-0.15, -0.1) is 0 Å². The lowest BCUT2D eigenvalue weighted by atomic mass is 9.99. The zero-order chi connectivity index (χ0) is 22.4. The van der Waals surface area contributed by atoms with Crippen molar-refractivity contribution >= 4 is 22.6 Å². The average molecular weight is 424 g/mol. The molecular weight excluding hydrogens is 394 g/mol. The minimum atomic E-state index is 0.0700. The summed E-state index contributed by atoms with van der Waals surface area (Å²) >= 11 is 0. The molecule has 162 valence electrons. The third kappa shape index (κ3) is 3.50. The Kier molecular flexibility index (Phi) is 5.09. The number of anilines is 1. The van der Waals surface area contributed by atoms with Gasteiger partial charge in [-0.05, 0) is 68.1 Å². The molecule has 1 amide bonds. The van der Waals surface area contributed by atoms with Crippen LogP contribution in [0, 0.1) is 27.7 Å². The molecule has 0 bridgehead atoms. The number of aryl methyl sites for hydroxylation is 4. The molecule has 1 aromatic heterocycles. The molecule has 1 atom stereocenters. The average Bonchev–Trinajstić information content (AvgIpc) is 3.31. The van der Waals surface area contributed by atoms with Crippen LogP contribution in [-0.2, 0) is 11.3 Å². The van der Waals surface area contributed by atoms with Gasteiger partial charge in [-0.1, -0.05) is 48.0 Å². The number of para-hydroxylation sites is 3. The lowest BCUT2D eigenvalue weighted by molar-refractivity contribution is -0.117. The van der Waals surface area contributed by atoms with Gasteiger partial charge in [-0.3, -0.25) is 4.79 Å². The second kappa shape index (κ2) is 7.94. The number of carbonyl (C=O) groups is 1. The fraction of sp³-hybridized carbons (Fsp3) is 0.286. The van der Waals surface area contributed by atoms with E-state index in [1.165, 1.54) is 22.3 Å². The number of amides is 1. The Hall–Kier alpha value is -3.40. The van der Waals surface area contributed by atoms with Crippen molar-refractivity contribution in [2.24, 2.45) is 0 Å². The molecule has 5 rings (SSSR count). The van der Waals surface area contributed by atoms with Crippen LogP contribution in [0.3, 0.4) is 0 Å². The van der Waals surface area contributed by atoms with E-state index in [1.807, 2.05) is 29.2 Å². The topological polar surface area (TPSA) is 38.1 Å². The van der Waals surface area contributed by atoms with Crippen molar-refractivity contribution in [1.29, 1.82) is 0 Å². The van der Waals surface area contributed by atoms with Gasteiger partial charge in [0, 0.05) is 31.1 Å². The van der Waals surface area contributed by atoms with Gasteiger partial charge in [0.15, 0.2) is 0 Å². The lowest BCUT2D eigenvalue weighted by Gasteiger charge is -2.20. The minimum absolute atomic E-state index is 0.0700. The molecule has 0 radical (unpaired) electrons. The second-order valence-corrected chi connectivity index (χ2v) is 9.11. The highest BCUT2D eigenvalue weighted by molar-refractivity contribution is 5.97. The highest BCUT2D eigenvalue weighted by Crippen LogP contribution is 2.35. The lowest BCUT2D eigenvalue weighted by Crippen LogP contribution is -2.25. The highest BCUT2D eigenvalue weighted by atomic mass is 16.2. The van der Waals surface area contributed by atoms with Crippen LogP contribution in [0.2, 0.25) is 0 Å². The molecule has 4 aromatic rings. The van der Waals surface area contributed by atoms with Gasteiger partial charge >= 0.3 is 0 Å². The highest BCUT2D eigenvalue weighted by Gasteiger charge is 2.35. The second-order valence-electron chi connectivity index (χ2n) is 9.11. The zero-order valence-electron chi connectivity index (χ0n) is 19.2.